The molecule has 0 spiro atoms. The Kier molecular flexibility index (Phi) is 7.96. The van der Waals surface area contributed by atoms with Gasteiger partial charge in [0.05, 0.1) is 0 Å². The van der Waals surface area contributed by atoms with Crippen molar-refractivity contribution in [1.82, 2.24) is 0 Å². The standard InChI is InChI=1S/C60H38/c1-3-16-39(17-4-1)45-24-15-25-46(34-45)60-50-27-12-11-26-49(50)53-37-55-56(38-54(53)59(60)42-20-5-2-6-21-42)58(48-33-31-41-19-8-10-23-44(41)36-48)52-29-14-13-28-51(52)57(55)47-32-30-40-18-7-9-22-43(40)35-47/h1-38H. The summed E-state index contributed by atoms with van der Waals surface area (Å²) < 4.78 is 0. The largest absolute Gasteiger partial charge is 0.0622 e. The fourth-order valence-corrected chi connectivity index (χ4v) is 9.86. The average Bonchev–Trinajstić information content (AvgIpc) is 3.32. The number of fused-ring (bicyclic) bond motifs is 7. The van der Waals surface area contributed by atoms with Crippen molar-refractivity contribution in [1.29, 1.82) is 0 Å². The minimum Gasteiger partial charge on any atom is -0.0622 e. The summed E-state index contributed by atoms with van der Waals surface area (Å²) in [6.45, 7) is 0. The van der Waals surface area contributed by atoms with Crippen LogP contribution in [0.3, 0.4) is 0 Å². The molecule has 0 saturated heterocycles. The van der Waals surface area contributed by atoms with Gasteiger partial charge in [-0.25, -0.2) is 0 Å². The maximum atomic E-state index is 2.53. The summed E-state index contributed by atoms with van der Waals surface area (Å²) in [4.78, 5) is 0. The maximum absolute atomic E-state index is 2.53. The van der Waals surface area contributed by atoms with Gasteiger partial charge in [-0.1, -0.05) is 200 Å². The Bertz CT molecular complexity index is 3630. The Morgan fingerprint density at radius 1 is 0.150 bits per heavy atom. The van der Waals surface area contributed by atoms with Gasteiger partial charge in [0.15, 0.2) is 0 Å². The van der Waals surface area contributed by atoms with E-state index in [9.17, 15) is 0 Å². The SMILES string of the molecule is c1ccc(-c2cccc(-c3c(-c4ccccc4)c4cc5c(-c6ccc7ccccc7c6)c6ccccc6c(-c6ccc7ccccc7c6)c5cc4c4ccccc34)c2)cc1. The number of benzene rings is 12. The predicted molar refractivity (Wildman–Crippen MR) is 259 cm³/mol. The Hall–Kier alpha value is -7.80. The molecule has 0 heteroatoms. The predicted octanol–water partition coefficient (Wildman–Crippen LogP) is 16.9. The van der Waals surface area contributed by atoms with Crippen LogP contribution in [-0.4, -0.2) is 0 Å². The third-order valence-corrected chi connectivity index (χ3v) is 12.6. The van der Waals surface area contributed by atoms with Crippen LogP contribution in [0.15, 0.2) is 231 Å². The summed E-state index contributed by atoms with van der Waals surface area (Å²) in [7, 11) is 0. The van der Waals surface area contributed by atoms with Gasteiger partial charge in [-0.2, -0.15) is 0 Å². The van der Waals surface area contributed by atoms with E-state index in [0.717, 1.165) is 0 Å². The second-order valence-corrected chi connectivity index (χ2v) is 16.0. The monoisotopic (exact) mass is 758 g/mol. The molecule has 0 unspecified atom stereocenters. The molecule has 0 radical (unpaired) electrons. The van der Waals surface area contributed by atoms with Gasteiger partial charge < -0.3 is 0 Å². The Balaban J connectivity index is 1.28. The third kappa shape index (κ3) is 5.53. The minimum atomic E-state index is 1.20. The molecule has 0 heterocycles. The maximum Gasteiger partial charge on any atom is -0.00201 e. The van der Waals surface area contributed by atoms with E-state index in [1.807, 2.05) is 0 Å². The molecule has 12 rings (SSSR count). The topological polar surface area (TPSA) is 0 Å². The summed E-state index contributed by atoms with van der Waals surface area (Å²) in [5, 5.41) is 15.0. The van der Waals surface area contributed by atoms with Crippen molar-refractivity contribution in [3.8, 4) is 55.6 Å². The first kappa shape index (κ1) is 34.3. The van der Waals surface area contributed by atoms with Crippen LogP contribution in [-0.2, 0) is 0 Å². The van der Waals surface area contributed by atoms with Crippen LogP contribution in [0.25, 0.3) is 120 Å². The van der Waals surface area contributed by atoms with Crippen molar-refractivity contribution in [3.05, 3.63) is 231 Å². The van der Waals surface area contributed by atoms with Crippen molar-refractivity contribution in [2.24, 2.45) is 0 Å². The molecule has 0 fully saturated rings. The van der Waals surface area contributed by atoms with Crippen molar-refractivity contribution in [3.63, 3.8) is 0 Å². The number of rotatable bonds is 5. The summed E-state index contributed by atoms with van der Waals surface area (Å²) in [5.74, 6) is 0. The van der Waals surface area contributed by atoms with Gasteiger partial charge >= 0.3 is 0 Å². The third-order valence-electron chi connectivity index (χ3n) is 12.6. The van der Waals surface area contributed by atoms with Gasteiger partial charge in [0.25, 0.3) is 0 Å². The number of hydrogen-bond donors (Lipinski definition) is 0. The molecule has 0 atom stereocenters. The molecule has 12 aromatic rings. The van der Waals surface area contributed by atoms with Gasteiger partial charge in [0.1, 0.15) is 0 Å². The van der Waals surface area contributed by atoms with Crippen LogP contribution in [0.4, 0.5) is 0 Å². The van der Waals surface area contributed by atoms with E-state index < -0.39 is 0 Å². The van der Waals surface area contributed by atoms with Crippen molar-refractivity contribution < 1.29 is 0 Å². The fraction of sp³-hybridized carbons (Fsp3) is 0. The quantitative estimate of drug-likeness (QED) is 0.121. The summed E-state index contributed by atoms with van der Waals surface area (Å²) in [5.41, 5.74) is 12.3. The molecule has 0 saturated carbocycles. The zero-order valence-electron chi connectivity index (χ0n) is 32.9. The van der Waals surface area contributed by atoms with Crippen LogP contribution in [0.5, 0.6) is 0 Å². The van der Waals surface area contributed by atoms with Gasteiger partial charge in [0, 0.05) is 0 Å². The van der Waals surface area contributed by atoms with Gasteiger partial charge in [-0.3, -0.25) is 0 Å². The highest BCUT2D eigenvalue weighted by Gasteiger charge is 2.23. The molecule has 0 N–H and O–H groups in total. The smallest absolute Gasteiger partial charge is 0.00201 e. The molecular formula is C60H38. The van der Waals surface area contributed by atoms with Gasteiger partial charge in [-0.05, 0) is 151 Å². The first-order valence-electron chi connectivity index (χ1n) is 20.8. The zero-order valence-corrected chi connectivity index (χ0v) is 32.9. The van der Waals surface area contributed by atoms with Crippen LogP contribution >= 0.6 is 0 Å². The lowest BCUT2D eigenvalue weighted by atomic mass is 9.80. The second-order valence-electron chi connectivity index (χ2n) is 16.0. The molecule has 278 valence electrons. The van der Waals surface area contributed by atoms with E-state index in [1.165, 1.54) is 120 Å². The molecule has 60 heavy (non-hydrogen) atoms. The Morgan fingerprint density at radius 3 is 1.12 bits per heavy atom. The van der Waals surface area contributed by atoms with E-state index in [4.69, 9.17) is 0 Å². The van der Waals surface area contributed by atoms with Crippen molar-refractivity contribution in [2.45, 2.75) is 0 Å². The molecule has 12 aromatic carbocycles. The highest BCUT2D eigenvalue weighted by atomic mass is 14.3. The minimum absolute atomic E-state index is 1.20. The van der Waals surface area contributed by atoms with E-state index in [0.29, 0.717) is 0 Å². The van der Waals surface area contributed by atoms with Gasteiger partial charge in [-0.15, -0.1) is 0 Å². The molecule has 0 bridgehead atoms. The average molecular weight is 759 g/mol. The normalized spacial score (nSPS) is 11.7. The molecule has 0 aromatic heterocycles. The highest BCUT2D eigenvalue weighted by Crippen LogP contribution is 2.50. The molecule has 0 nitrogen and oxygen atoms in total. The van der Waals surface area contributed by atoms with E-state index in [1.54, 1.807) is 0 Å². The fourth-order valence-electron chi connectivity index (χ4n) is 9.86. The molecule has 0 amide bonds. The Labute approximate surface area is 349 Å². The van der Waals surface area contributed by atoms with Crippen molar-refractivity contribution >= 4 is 64.6 Å². The summed E-state index contributed by atoms with van der Waals surface area (Å²) in [6, 6.07) is 85.4. The molecule has 0 aliphatic heterocycles. The van der Waals surface area contributed by atoms with Crippen LogP contribution in [0.2, 0.25) is 0 Å². The van der Waals surface area contributed by atoms with E-state index >= 15 is 0 Å². The highest BCUT2D eigenvalue weighted by molar-refractivity contribution is 6.29. The molecule has 0 aliphatic carbocycles. The second kappa shape index (κ2) is 13.9. The molecular weight excluding hydrogens is 721 g/mol. The summed E-state index contributed by atoms with van der Waals surface area (Å²) >= 11 is 0. The lowest BCUT2D eigenvalue weighted by Gasteiger charge is -2.23. The van der Waals surface area contributed by atoms with Crippen LogP contribution < -0.4 is 0 Å². The number of hydrogen-bond acceptors (Lipinski definition) is 0. The first-order valence-corrected chi connectivity index (χ1v) is 20.8. The lowest BCUT2D eigenvalue weighted by Crippen LogP contribution is -1.95. The van der Waals surface area contributed by atoms with Crippen LogP contribution in [0.1, 0.15) is 0 Å². The van der Waals surface area contributed by atoms with Crippen molar-refractivity contribution in [2.75, 3.05) is 0 Å². The first-order chi connectivity index (χ1) is 29.8. The van der Waals surface area contributed by atoms with Crippen LogP contribution in [0, 0.1) is 0 Å². The lowest BCUT2D eigenvalue weighted by molar-refractivity contribution is 1.60. The zero-order chi connectivity index (χ0) is 39.6. The van der Waals surface area contributed by atoms with E-state index in [-0.39, 0.29) is 0 Å². The molecule has 0 aliphatic rings. The van der Waals surface area contributed by atoms with Gasteiger partial charge in [0.2, 0.25) is 0 Å². The van der Waals surface area contributed by atoms with E-state index in [2.05, 4.69) is 231 Å². The summed E-state index contributed by atoms with van der Waals surface area (Å²) in [6.07, 6.45) is 0. The Morgan fingerprint density at radius 2 is 0.533 bits per heavy atom.